The van der Waals surface area contributed by atoms with Crippen LogP contribution in [0, 0.1) is 0 Å². The molecule has 5 heavy (non-hydrogen) atoms. The van der Waals surface area contributed by atoms with E-state index >= 15 is 0 Å². The Bertz CT molecular complexity index is 30.8. The predicted octanol–water partition coefficient (Wildman–Crippen LogP) is 0.424. The molecule has 28 valence electrons. The maximum absolute atomic E-state index is 10.8. The first kappa shape index (κ1) is 4.79. The fourth-order valence-electron chi connectivity index (χ4n) is 0.0445. The molecule has 0 rings (SSSR count). The molecular weight excluding hydrogens is 69.8 g/mol. The van der Waals surface area contributed by atoms with Crippen molar-refractivity contribution in [3.8, 4) is 0 Å². The van der Waals surface area contributed by atoms with Crippen LogP contribution in [0.15, 0.2) is 0 Å². The molecule has 0 atom stereocenters. The molecule has 0 fully saturated rings. The van der Waals surface area contributed by atoms with E-state index in [2.05, 4.69) is 0 Å². The molecule has 0 bridgehead atoms. The molecule has 0 spiro atoms. The fraction of sp³-hybridized carbons (Fsp3) is 1.00. The normalized spacial score (nSPS) is 6.60. The standard InChI is InChI=1S/C2H4BFO/c4-2-1-3-5/h1-2H2. The van der Waals surface area contributed by atoms with E-state index in [1.54, 1.807) is 0 Å². The van der Waals surface area contributed by atoms with Gasteiger partial charge >= 0.3 is 29.2 Å². The Morgan fingerprint density at radius 1 is 1.80 bits per heavy atom. The molecule has 0 aliphatic rings. The van der Waals surface area contributed by atoms with Crippen LogP contribution in [-0.4, -0.2) is 13.8 Å². The Labute approximate surface area is 30.4 Å². The summed E-state index contributed by atoms with van der Waals surface area (Å²) in [5, 5.41) is 0. The molecule has 3 heteroatoms. The number of rotatable bonds is 2. The van der Waals surface area contributed by atoms with E-state index < -0.39 is 6.67 Å². The fourth-order valence-corrected chi connectivity index (χ4v) is 0.0445. The van der Waals surface area contributed by atoms with Gasteiger partial charge in [0.25, 0.3) is 0 Å². The van der Waals surface area contributed by atoms with Crippen molar-refractivity contribution < 1.29 is 9.10 Å². The first-order chi connectivity index (χ1) is 2.41. The summed E-state index contributed by atoms with van der Waals surface area (Å²) in [6.07, 6.45) is 0.0417. The van der Waals surface area contributed by atoms with Crippen molar-refractivity contribution in [2.75, 3.05) is 6.67 Å². The van der Waals surface area contributed by atoms with Crippen LogP contribution in [0.2, 0.25) is 6.32 Å². The molecular formula is C2H4BFO. The average molecular weight is 73.9 g/mol. The minimum atomic E-state index is -0.524. The van der Waals surface area contributed by atoms with Crippen molar-refractivity contribution in [2.45, 2.75) is 6.32 Å². The van der Waals surface area contributed by atoms with Gasteiger partial charge in [0, 0.05) is 0 Å². The van der Waals surface area contributed by atoms with E-state index in [1.165, 1.54) is 0 Å². The SMILES string of the molecule is O=BCCF. The van der Waals surface area contributed by atoms with Gasteiger partial charge in [-0.05, 0) is 0 Å². The van der Waals surface area contributed by atoms with E-state index in [4.69, 9.17) is 4.70 Å². The zero-order valence-electron chi connectivity index (χ0n) is 2.78. The van der Waals surface area contributed by atoms with Crippen molar-refractivity contribution in [3.63, 3.8) is 0 Å². The van der Waals surface area contributed by atoms with Crippen molar-refractivity contribution >= 4 is 7.15 Å². The summed E-state index contributed by atoms with van der Waals surface area (Å²) in [5.74, 6) is 0. The van der Waals surface area contributed by atoms with Gasteiger partial charge in [-0.3, -0.25) is 0 Å². The molecule has 0 heterocycles. The Kier molecular flexibility index (Phi) is 3.64. The summed E-state index contributed by atoms with van der Waals surface area (Å²) in [5.41, 5.74) is 0. The van der Waals surface area contributed by atoms with Crippen molar-refractivity contribution in [3.05, 3.63) is 0 Å². The number of halogens is 1. The second-order valence-corrected chi connectivity index (χ2v) is 0.644. The molecule has 0 aromatic carbocycles. The molecule has 0 aliphatic heterocycles. The molecule has 1 nitrogen and oxygen atoms in total. The van der Waals surface area contributed by atoms with Crippen LogP contribution >= 0.6 is 0 Å². The summed E-state index contributed by atoms with van der Waals surface area (Å²) in [6.45, 7) is -0.524. The molecule has 0 aliphatic carbocycles. The second kappa shape index (κ2) is 3.79. The molecule has 0 amide bonds. The third kappa shape index (κ3) is 3.79. The topological polar surface area (TPSA) is 17.1 Å². The third-order valence-electron chi connectivity index (χ3n) is 0.227. The average Bonchev–Trinajstić information content (AvgIpc) is 1.41. The van der Waals surface area contributed by atoms with Gasteiger partial charge in [0.1, 0.15) is 0 Å². The van der Waals surface area contributed by atoms with Crippen LogP contribution in [0.25, 0.3) is 0 Å². The quantitative estimate of drug-likeness (QED) is 0.434. The molecule has 0 unspecified atom stereocenters. The summed E-state index contributed by atoms with van der Waals surface area (Å²) in [6, 6.07) is 0. The van der Waals surface area contributed by atoms with Gasteiger partial charge in [0.05, 0.1) is 0 Å². The van der Waals surface area contributed by atoms with Crippen molar-refractivity contribution in [1.82, 2.24) is 0 Å². The molecule has 0 radical (unpaired) electrons. The maximum atomic E-state index is 10.8. The van der Waals surface area contributed by atoms with E-state index in [0.717, 1.165) is 0 Å². The molecule has 0 aromatic heterocycles. The molecule has 0 saturated heterocycles. The summed E-state index contributed by atoms with van der Waals surface area (Å²) in [4.78, 5) is 0. The Morgan fingerprint density at radius 3 is 2.40 bits per heavy atom. The van der Waals surface area contributed by atoms with Gasteiger partial charge in [-0.1, -0.05) is 0 Å². The summed E-state index contributed by atoms with van der Waals surface area (Å²) in [7, 11) is 0.556. The van der Waals surface area contributed by atoms with E-state index in [9.17, 15) is 4.39 Å². The zero-order valence-corrected chi connectivity index (χ0v) is 2.78. The Morgan fingerprint density at radius 2 is 2.40 bits per heavy atom. The van der Waals surface area contributed by atoms with Gasteiger partial charge in [-0.2, -0.15) is 0 Å². The number of hydrogen-bond acceptors (Lipinski definition) is 1. The molecule has 0 aromatic rings. The van der Waals surface area contributed by atoms with Gasteiger partial charge in [0.15, 0.2) is 0 Å². The van der Waals surface area contributed by atoms with E-state index in [-0.39, 0.29) is 6.32 Å². The van der Waals surface area contributed by atoms with Crippen LogP contribution in [0.4, 0.5) is 4.39 Å². The second-order valence-electron chi connectivity index (χ2n) is 0.644. The van der Waals surface area contributed by atoms with E-state index in [1.807, 2.05) is 0 Å². The monoisotopic (exact) mass is 74.0 g/mol. The van der Waals surface area contributed by atoms with E-state index in [0.29, 0.717) is 7.15 Å². The van der Waals surface area contributed by atoms with Crippen LogP contribution in [0.3, 0.4) is 0 Å². The zero-order chi connectivity index (χ0) is 4.12. The van der Waals surface area contributed by atoms with Gasteiger partial charge in [-0.15, -0.1) is 0 Å². The number of hydrogen-bond donors (Lipinski definition) is 0. The summed E-state index contributed by atoms with van der Waals surface area (Å²) >= 11 is 0. The third-order valence-corrected chi connectivity index (χ3v) is 0.227. The van der Waals surface area contributed by atoms with Crippen molar-refractivity contribution in [2.24, 2.45) is 0 Å². The van der Waals surface area contributed by atoms with Gasteiger partial charge in [-0.25, -0.2) is 0 Å². The predicted molar refractivity (Wildman–Crippen MR) is 17.2 cm³/mol. The molecule has 0 N–H and O–H groups in total. The van der Waals surface area contributed by atoms with Crippen LogP contribution in [-0.2, 0) is 4.70 Å². The molecule has 0 saturated carbocycles. The first-order valence-electron chi connectivity index (χ1n) is 1.41. The number of alkyl halides is 1. The van der Waals surface area contributed by atoms with Crippen LogP contribution < -0.4 is 0 Å². The Balaban J connectivity index is 2.40. The van der Waals surface area contributed by atoms with Crippen LogP contribution in [0.5, 0.6) is 0 Å². The van der Waals surface area contributed by atoms with Crippen LogP contribution in [0.1, 0.15) is 0 Å². The Hall–Kier alpha value is -0.205. The van der Waals surface area contributed by atoms with Gasteiger partial charge in [0.2, 0.25) is 0 Å². The summed E-state index contributed by atoms with van der Waals surface area (Å²) < 4.78 is 19.9. The minimum absolute atomic E-state index is 0.0417. The van der Waals surface area contributed by atoms with Crippen molar-refractivity contribution in [1.29, 1.82) is 0 Å². The van der Waals surface area contributed by atoms with Gasteiger partial charge < -0.3 is 0 Å². The first-order valence-corrected chi connectivity index (χ1v) is 1.41.